The van der Waals surface area contributed by atoms with Crippen molar-refractivity contribution in [3.8, 4) is 11.5 Å². The highest BCUT2D eigenvalue weighted by Gasteiger charge is 2.36. The van der Waals surface area contributed by atoms with Gasteiger partial charge in [-0.15, -0.1) is 0 Å². The number of para-hydroxylation sites is 1. The van der Waals surface area contributed by atoms with Crippen molar-refractivity contribution >= 4 is 5.91 Å². The molecule has 0 bridgehead atoms. The first-order valence-electron chi connectivity index (χ1n) is 8.74. The van der Waals surface area contributed by atoms with Gasteiger partial charge in [-0.2, -0.15) is 0 Å². The lowest BCUT2D eigenvalue weighted by atomic mass is 9.78. The average Bonchev–Trinajstić information content (AvgIpc) is 3.16. The molecule has 0 spiro atoms. The Morgan fingerprint density at radius 2 is 1.68 bits per heavy atom. The number of rotatable bonds is 6. The molecule has 0 aromatic heterocycles. The number of methoxy groups -OCH3 is 2. The Balaban J connectivity index is 1.77. The smallest absolute Gasteiger partial charge is 0.255 e. The molecule has 0 radical (unpaired) electrons. The normalized spacial score (nSPS) is 15.6. The number of hydrogen-bond acceptors (Lipinski definition) is 3. The molecule has 2 aromatic rings. The van der Waals surface area contributed by atoms with Crippen LogP contribution in [0, 0.1) is 0 Å². The van der Waals surface area contributed by atoms with Crippen LogP contribution in [-0.2, 0) is 5.41 Å². The van der Waals surface area contributed by atoms with E-state index in [0.29, 0.717) is 17.9 Å². The Morgan fingerprint density at radius 3 is 2.32 bits per heavy atom. The lowest BCUT2D eigenvalue weighted by molar-refractivity contribution is 0.0940. The maximum Gasteiger partial charge on any atom is 0.255 e. The van der Waals surface area contributed by atoms with Gasteiger partial charge in [0.2, 0.25) is 0 Å². The number of carbonyl (C=O) groups excluding carboxylic acids is 1. The SMILES string of the molecule is COc1ccc(C2(CNC(=O)c3ccccc3OC)CCCC2)cc1. The van der Waals surface area contributed by atoms with E-state index in [-0.39, 0.29) is 11.3 Å². The second-order valence-corrected chi connectivity index (χ2v) is 6.60. The zero-order chi connectivity index (χ0) is 17.7. The first-order valence-corrected chi connectivity index (χ1v) is 8.74. The number of hydrogen-bond donors (Lipinski definition) is 1. The van der Waals surface area contributed by atoms with Crippen molar-refractivity contribution in [1.29, 1.82) is 0 Å². The Bertz CT molecular complexity index is 718. The van der Waals surface area contributed by atoms with Gasteiger partial charge in [-0.05, 0) is 42.7 Å². The molecule has 0 heterocycles. The molecule has 0 saturated heterocycles. The first-order chi connectivity index (χ1) is 12.2. The second kappa shape index (κ2) is 7.60. The number of carbonyl (C=O) groups is 1. The van der Waals surface area contributed by atoms with Crippen molar-refractivity contribution in [3.63, 3.8) is 0 Å². The van der Waals surface area contributed by atoms with E-state index in [2.05, 4.69) is 17.4 Å². The van der Waals surface area contributed by atoms with Gasteiger partial charge in [-0.1, -0.05) is 37.1 Å². The van der Waals surface area contributed by atoms with E-state index in [1.54, 1.807) is 20.3 Å². The minimum absolute atomic E-state index is 0.00392. The van der Waals surface area contributed by atoms with Crippen molar-refractivity contribution in [1.82, 2.24) is 5.32 Å². The van der Waals surface area contributed by atoms with Crippen molar-refractivity contribution in [2.75, 3.05) is 20.8 Å². The molecule has 4 nitrogen and oxygen atoms in total. The van der Waals surface area contributed by atoms with Gasteiger partial charge in [0, 0.05) is 12.0 Å². The quantitative estimate of drug-likeness (QED) is 0.867. The topological polar surface area (TPSA) is 47.6 Å². The summed E-state index contributed by atoms with van der Waals surface area (Å²) in [6, 6.07) is 15.6. The molecule has 1 N–H and O–H groups in total. The predicted octanol–water partition coefficient (Wildman–Crippen LogP) is 3.95. The fourth-order valence-electron chi connectivity index (χ4n) is 3.74. The number of nitrogens with one attached hydrogen (secondary N) is 1. The summed E-state index contributed by atoms with van der Waals surface area (Å²) in [7, 11) is 3.26. The monoisotopic (exact) mass is 339 g/mol. The minimum Gasteiger partial charge on any atom is -0.497 e. The van der Waals surface area contributed by atoms with E-state index in [9.17, 15) is 4.79 Å². The van der Waals surface area contributed by atoms with Gasteiger partial charge < -0.3 is 14.8 Å². The van der Waals surface area contributed by atoms with E-state index in [1.807, 2.05) is 30.3 Å². The zero-order valence-corrected chi connectivity index (χ0v) is 14.9. The van der Waals surface area contributed by atoms with Crippen LogP contribution in [0.5, 0.6) is 11.5 Å². The third-order valence-corrected chi connectivity index (χ3v) is 5.20. The second-order valence-electron chi connectivity index (χ2n) is 6.60. The predicted molar refractivity (Wildman–Crippen MR) is 98.5 cm³/mol. The number of amides is 1. The molecule has 0 atom stereocenters. The van der Waals surface area contributed by atoms with Gasteiger partial charge in [0.15, 0.2) is 0 Å². The highest BCUT2D eigenvalue weighted by atomic mass is 16.5. The van der Waals surface area contributed by atoms with Crippen LogP contribution in [0.4, 0.5) is 0 Å². The van der Waals surface area contributed by atoms with Crippen LogP contribution in [0.15, 0.2) is 48.5 Å². The summed E-state index contributed by atoms with van der Waals surface area (Å²) in [4.78, 5) is 12.6. The van der Waals surface area contributed by atoms with E-state index >= 15 is 0 Å². The van der Waals surface area contributed by atoms with Gasteiger partial charge in [0.1, 0.15) is 11.5 Å². The fraction of sp³-hybridized carbons (Fsp3) is 0.381. The largest absolute Gasteiger partial charge is 0.497 e. The lowest BCUT2D eigenvalue weighted by Crippen LogP contribution is -2.39. The highest BCUT2D eigenvalue weighted by Crippen LogP contribution is 2.41. The molecule has 3 rings (SSSR count). The number of benzene rings is 2. The fourth-order valence-corrected chi connectivity index (χ4v) is 3.74. The zero-order valence-electron chi connectivity index (χ0n) is 14.9. The minimum atomic E-state index is -0.0859. The van der Waals surface area contributed by atoms with Gasteiger partial charge in [0.05, 0.1) is 19.8 Å². The van der Waals surface area contributed by atoms with Crippen LogP contribution in [0.1, 0.15) is 41.6 Å². The Labute approximate surface area is 149 Å². The van der Waals surface area contributed by atoms with Gasteiger partial charge >= 0.3 is 0 Å². The van der Waals surface area contributed by atoms with Gasteiger partial charge in [-0.3, -0.25) is 4.79 Å². The molecule has 1 aliphatic rings. The molecule has 1 aliphatic carbocycles. The molecule has 132 valence electrons. The standard InChI is InChI=1S/C21H25NO3/c1-24-17-11-9-16(10-12-17)21(13-5-6-14-21)15-22-20(23)18-7-3-4-8-19(18)25-2/h3-4,7-12H,5-6,13-15H2,1-2H3,(H,22,23). The van der Waals surface area contributed by atoms with Gasteiger partial charge in [-0.25, -0.2) is 0 Å². The Kier molecular flexibility index (Phi) is 5.27. The summed E-state index contributed by atoms with van der Waals surface area (Å²) in [5.74, 6) is 1.37. The Hall–Kier alpha value is -2.49. The summed E-state index contributed by atoms with van der Waals surface area (Å²) in [5, 5.41) is 3.13. The molecular weight excluding hydrogens is 314 g/mol. The third kappa shape index (κ3) is 3.63. The van der Waals surface area contributed by atoms with Crippen molar-refractivity contribution < 1.29 is 14.3 Å². The van der Waals surface area contributed by atoms with Gasteiger partial charge in [0.25, 0.3) is 5.91 Å². The molecule has 25 heavy (non-hydrogen) atoms. The van der Waals surface area contributed by atoms with Crippen molar-refractivity contribution in [2.24, 2.45) is 0 Å². The maximum absolute atomic E-state index is 12.6. The highest BCUT2D eigenvalue weighted by molar-refractivity contribution is 5.96. The summed E-state index contributed by atoms with van der Waals surface area (Å²) >= 11 is 0. The molecule has 1 saturated carbocycles. The van der Waals surface area contributed by atoms with Crippen LogP contribution in [0.25, 0.3) is 0 Å². The Morgan fingerprint density at radius 1 is 1.00 bits per heavy atom. The van der Waals surface area contributed by atoms with E-state index in [1.165, 1.54) is 18.4 Å². The first kappa shape index (κ1) is 17.3. The summed E-state index contributed by atoms with van der Waals surface area (Å²) < 4.78 is 10.6. The number of ether oxygens (including phenoxy) is 2. The van der Waals surface area contributed by atoms with Crippen LogP contribution in [0.2, 0.25) is 0 Å². The molecule has 4 heteroatoms. The molecule has 1 fully saturated rings. The maximum atomic E-state index is 12.6. The van der Waals surface area contributed by atoms with Crippen LogP contribution >= 0.6 is 0 Å². The molecular formula is C21H25NO3. The summed E-state index contributed by atoms with van der Waals surface area (Å²) in [6.07, 6.45) is 4.56. The summed E-state index contributed by atoms with van der Waals surface area (Å²) in [6.45, 7) is 0.635. The third-order valence-electron chi connectivity index (χ3n) is 5.20. The van der Waals surface area contributed by atoms with E-state index in [4.69, 9.17) is 9.47 Å². The van der Waals surface area contributed by atoms with Crippen LogP contribution in [-0.4, -0.2) is 26.7 Å². The van der Waals surface area contributed by atoms with Crippen molar-refractivity contribution in [2.45, 2.75) is 31.1 Å². The van der Waals surface area contributed by atoms with E-state index < -0.39 is 0 Å². The molecule has 1 amide bonds. The molecule has 0 aliphatic heterocycles. The molecule has 2 aromatic carbocycles. The summed E-state index contributed by atoms with van der Waals surface area (Å²) in [5.41, 5.74) is 1.85. The average molecular weight is 339 g/mol. The van der Waals surface area contributed by atoms with Crippen LogP contribution in [0.3, 0.4) is 0 Å². The van der Waals surface area contributed by atoms with Crippen LogP contribution < -0.4 is 14.8 Å². The van der Waals surface area contributed by atoms with Crippen molar-refractivity contribution in [3.05, 3.63) is 59.7 Å². The molecule has 0 unspecified atom stereocenters. The van der Waals surface area contributed by atoms with E-state index in [0.717, 1.165) is 18.6 Å². The lowest BCUT2D eigenvalue weighted by Gasteiger charge is -2.30.